The third-order valence-corrected chi connectivity index (χ3v) is 2.35. The first-order valence-electron chi connectivity index (χ1n) is 4.87. The van der Waals surface area contributed by atoms with Gasteiger partial charge in [-0.2, -0.15) is 0 Å². The Hall–Kier alpha value is -1.19. The van der Waals surface area contributed by atoms with Crippen LogP contribution in [0.25, 0.3) is 0 Å². The highest BCUT2D eigenvalue weighted by molar-refractivity contribution is 5.29. The lowest BCUT2D eigenvalue weighted by Gasteiger charge is -2.09. The van der Waals surface area contributed by atoms with Gasteiger partial charge in [-0.1, -0.05) is 12.1 Å². The maximum atomic E-state index is 11.9. The molecule has 0 unspecified atom stereocenters. The van der Waals surface area contributed by atoms with Crippen LogP contribution in [0.1, 0.15) is 18.4 Å². The number of alkyl halides is 3. The molecule has 0 spiro atoms. The highest BCUT2D eigenvalue weighted by atomic mass is 19.4. The summed E-state index contributed by atoms with van der Waals surface area (Å²) in [5, 5.41) is 0. The topological polar surface area (TPSA) is 9.23 Å². The normalized spacial score (nSPS) is 16.5. The lowest BCUT2D eigenvalue weighted by Crippen LogP contribution is -2.17. The molecule has 0 radical (unpaired) electrons. The standard InChI is InChI=1S/C11H11F3O/c12-11(13,14)15-10-3-1-2-9(7-10)6-8-4-5-8/h1-3,7-8H,4-6H2. The molecule has 1 aliphatic rings. The Morgan fingerprint density at radius 2 is 2.00 bits per heavy atom. The molecular weight excluding hydrogens is 205 g/mol. The van der Waals surface area contributed by atoms with Crippen molar-refractivity contribution >= 4 is 0 Å². The number of ether oxygens (including phenoxy) is 1. The van der Waals surface area contributed by atoms with Gasteiger partial charge in [-0.3, -0.25) is 0 Å². The lowest BCUT2D eigenvalue weighted by atomic mass is 10.1. The first-order valence-corrected chi connectivity index (χ1v) is 4.87. The molecule has 0 amide bonds. The van der Waals surface area contributed by atoms with Gasteiger partial charge < -0.3 is 4.74 Å². The van der Waals surface area contributed by atoms with E-state index in [1.165, 1.54) is 25.0 Å². The third kappa shape index (κ3) is 3.46. The van der Waals surface area contributed by atoms with Gasteiger partial charge in [0.15, 0.2) is 0 Å². The van der Waals surface area contributed by atoms with Gasteiger partial charge in [-0.25, -0.2) is 0 Å². The molecule has 0 aliphatic heterocycles. The molecule has 4 heteroatoms. The minimum absolute atomic E-state index is 0.124. The molecule has 0 aromatic heterocycles. The van der Waals surface area contributed by atoms with Crippen LogP contribution in [0.2, 0.25) is 0 Å². The van der Waals surface area contributed by atoms with Crippen molar-refractivity contribution in [1.29, 1.82) is 0 Å². The van der Waals surface area contributed by atoms with Crippen LogP contribution < -0.4 is 4.74 Å². The maximum Gasteiger partial charge on any atom is 0.573 e. The van der Waals surface area contributed by atoms with Crippen LogP contribution in [-0.4, -0.2) is 6.36 Å². The first-order chi connectivity index (χ1) is 7.03. The molecule has 1 saturated carbocycles. The van der Waals surface area contributed by atoms with E-state index in [0.717, 1.165) is 12.0 Å². The van der Waals surface area contributed by atoms with Crippen LogP contribution in [-0.2, 0) is 6.42 Å². The predicted molar refractivity (Wildman–Crippen MR) is 49.6 cm³/mol. The summed E-state index contributed by atoms with van der Waals surface area (Å²) in [6.07, 6.45) is -1.37. The fourth-order valence-electron chi connectivity index (χ4n) is 1.52. The Bertz CT molecular complexity index is 342. The van der Waals surface area contributed by atoms with Gasteiger partial charge in [0.25, 0.3) is 0 Å². The Morgan fingerprint density at radius 1 is 1.27 bits per heavy atom. The van der Waals surface area contributed by atoms with Crippen LogP contribution in [0.15, 0.2) is 24.3 Å². The van der Waals surface area contributed by atoms with Crippen molar-refractivity contribution < 1.29 is 17.9 Å². The number of benzene rings is 1. The molecule has 1 nitrogen and oxygen atoms in total. The third-order valence-electron chi connectivity index (χ3n) is 2.35. The highest BCUT2D eigenvalue weighted by Gasteiger charge is 2.31. The second-order valence-electron chi connectivity index (χ2n) is 3.84. The van der Waals surface area contributed by atoms with Gasteiger partial charge in [0, 0.05) is 0 Å². The second kappa shape index (κ2) is 3.76. The van der Waals surface area contributed by atoms with Gasteiger partial charge in [0.2, 0.25) is 0 Å². The Labute approximate surface area is 85.9 Å². The van der Waals surface area contributed by atoms with E-state index in [-0.39, 0.29) is 5.75 Å². The zero-order chi connectivity index (χ0) is 10.9. The van der Waals surface area contributed by atoms with E-state index in [0.29, 0.717) is 5.92 Å². The van der Waals surface area contributed by atoms with Crippen molar-refractivity contribution in [1.82, 2.24) is 0 Å². The van der Waals surface area contributed by atoms with Crippen molar-refractivity contribution in [2.45, 2.75) is 25.6 Å². The first kappa shape index (κ1) is 10.3. The molecule has 0 atom stereocenters. The van der Waals surface area contributed by atoms with E-state index >= 15 is 0 Å². The fraction of sp³-hybridized carbons (Fsp3) is 0.455. The zero-order valence-electron chi connectivity index (χ0n) is 8.05. The number of halogens is 3. The molecule has 0 bridgehead atoms. The number of rotatable bonds is 3. The van der Waals surface area contributed by atoms with Gasteiger partial charge in [-0.05, 0) is 42.9 Å². The molecule has 1 aromatic rings. The summed E-state index contributed by atoms with van der Waals surface area (Å²) in [5.41, 5.74) is 0.916. The lowest BCUT2D eigenvalue weighted by molar-refractivity contribution is -0.274. The van der Waals surface area contributed by atoms with E-state index in [9.17, 15) is 13.2 Å². The monoisotopic (exact) mass is 216 g/mol. The minimum atomic E-state index is -4.60. The van der Waals surface area contributed by atoms with Crippen molar-refractivity contribution in [3.05, 3.63) is 29.8 Å². The average Bonchev–Trinajstić information content (AvgIpc) is 2.85. The van der Waals surface area contributed by atoms with Crippen LogP contribution in [0.4, 0.5) is 13.2 Å². The Kier molecular flexibility index (Phi) is 2.59. The summed E-state index contributed by atoms with van der Waals surface area (Å²) in [6, 6.07) is 6.22. The van der Waals surface area contributed by atoms with Crippen LogP contribution in [0.5, 0.6) is 5.75 Å². The van der Waals surface area contributed by atoms with E-state index in [1.807, 2.05) is 6.07 Å². The molecule has 1 aliphatic carbocycles. The summed E-state index contributed by atoms with van der Waals surface area (Å²) in [5.74, 6) is 0.534. The summed E-state index contributed by atoms with van der Waals surface area (Å²) < 4.78 is 39.6. The molecule has 0 N–H and O–H groups in total. The fourth-order valence-corrected chi connectivity index (χ4v) is 1.52. The molecule has 1 aromatic carbocycles. The SMILES string of the molecule is FC(F)(F)Oc1cccc(CC2CC2)c1. The van der Waals surface area contributed by atoms with Crippen LogP contribution in [0, 0.1) is 5.92 Å². The van der Waals surface area contributed by atoms with Crippen molar-refractivity contribution in [3.8, 4) is 5.75 Å². The quantitative estimate of drug-likeness (QED) is 0.750. The van der Waals surface area contributed by atoms with Gasteiger partial charge in [0.1, 0.15) is 5.75 Å². The summed E-state index contributed by atoms with van der Waals surface area (Å²) in [7, 11) is 0. The smallest absolute Gasteiger partial charge is 0.406 e. The van der Waals surface area contributed by atoms with Crippen molar-refractivity contribution in [3.63, 3.8) is 0 Å². The van der Waals surface area contributed by atoms with Crippen LogP contribution >= 0.6 is 0 Å². The van der Waals surface area contributed by atoms with E-state index in [1.54, 1.807) is 6.07 Å². The maximum absolute atomic E-state index is 11.9. The summed E-state index contributed by atoms with van der Waals surface area (Å²) in [6.45, 7) is 0. The van der Waals surface area contributed by atoms with Gasteiger partial charge >= 0.3 is 6.36 Å². The molecule has 82 valence electrons. The highest BCUT2D eigenvalue weighted by Crippen LogP contribution is 2.33. The Morgan fingerprint density at radius 3 is 2.60 bits per heavy atom. The van der Waals surface area contributed by atoms with Crippen LogP contribution in [0.3, 0.4) is 0 Å². The molecule has 0 heterocycles. The van der Waals surface area contributed by atoms with Crippen molar-refractivity contribution in [2.24, 2.45) is 5.92 Å². The molecule has 0 saturated heterocycles. The predicted octanol–water partition coefficient (Wildman–Crippen LogP) is 3.54. The number of hydrogen-bond donors (Lipinski definition) is 0. The summed E-state index contributed by atoms with van der Waals surface area (Å²) >= 11 is 0. The van der Waals surface area contributed by atoms with Crippen molar-refractivity contribution in [2.75, 3.05) is 0 Å². The average molecular weight is 216 g/mol. The van der Waals surface area contributed by atoms with E-state index in [4.69, 9.17) is 0 Å². The van der Waals surface area contributed by atoms with E-state index in [2.05, 4.69) is 4.74 Å². The van der Waals surface area contributed by atoms with E-state index < -0.39 is 6.36 Å². The molecule has 1 fully saturated rings. The minimum Gasteiger partial charge on any atom is -0.406 e. The summed E-state index contributed by atoms with van der Waals surface area (Å²) in [4.78, 5) is 0. The molecule has 2 rings (SSSR count). The Balaban J connectivity index is 2.04. The molecule has 15 heavy (non-hydrogen) atoms. The van der Waals surface area contributed by atoms with Gasteiger partial charge in [-0.15, -0.1) is 13.2 Å². The zero-order valence-corrected chi connectivity index (χ0v) is 8.05. The largest absolute Gasteiger partial charge is 0.573 e. The number of hydrogen-bond acceptors (Lipinski definition) is 1. The van der Waals surface area contributed by atoms with Gasteiger partial charge in [0.05, 0.1) is 0 Å². The molecular formula is C11H11F3O. The second-order valence-corrected chi connectivity index (χ2v) is 3.84.